The van der Waals surface area contributed by atoms with Crippen LogP contribution in [0.1, 0.15) is 23.7 Å². The van der Waals surface area contributed by atoms with Gasteiger partial charge >= 0.3 is 0 Å². The molecule has 0 amide bonds. The van der Waals surface area contributed by atoms with Crippen molar-refractivity contribution in [3.05, 3.63) is 64.7 Å². The highest BCUT2D eigenvalue weighted by Gasteiger charge is 2.18. The maximum Gasteiger partial charge on any atom is 0.125 e. The minimum atomic E-state index is 0.0569. The average Bonchev–Trinajstić information content (AvgIpc) is 2.63. The highest BCUT2D eigenvalue weighted by Crippen LogP contribution is 2.28. The fraction of sp³-hybridized carbons (Fsp3) is 0.429. The second kappa shape index (κ2) is 8.70. The number of nitrogens with zero attached hydrogens (tertiary/aromatic N) is 2. The van der Waals surface area contributed by atoms with Crippen LogP contribution in [0.5, 0.6) is 5.75 Å². The number of likely N-dealkylation sites (N-methyl/N-ethyl adjacent to an activating group) is 1. The molecule has 25 heavy (non-hydrogen) atoms. The minimum Gasteiger partial charge on any atom is -0.486 e. The second-order valence-corrected chi connectivity index (χ2v) is 7.27. The SMILES string of the molecule is Cc1cc(O[C@H](CCN2CCN(C)CC2)c2ccccc2)ccc1Cl. The third-order valence-electron chi connectivity index (χ3n) is 4.88. The Bertz CT molecular complexity index is 669. The normalized spacial score (nSPS) is 17.4. The van der Waals surface area contributed by atoms with Crippen LogP contribution in [-0.2, 0) is 0 Å². The van der Waals surface area contributed by atoms with Crippen molar-refractivity contribution in [1.82, 2.24) is 9.80 Å². The predicted molar refractivity (Wildman–Crippen MR) is 105 cm³/mol. The molecule has 1 heterocycles. The number of hydrogen-bond acceptors (Lipinski definition) is 3. The van der Waals surface area contributed by atoms with Crippen molar-refractivity contribution in [2.24, 2.45) is 0 Å². The van der Waals surface area contributed by atoms with Crippen LogP contribution in [0.3, 0.4) is 0 Å². The minimum absolute atomic E-state index is 0.0569. The third-order valence-corrected chi connectivity index (χ3v) is 5.31. The smallest absolute Gasteiger partial charge is 0.125 e. The summed E-state index contributed by atoms with van der Waals surface area (Å²) in [4.78, 5) is 4.92. The van der Waals surface area contributed by atoms with Crippen LogP contribution in [0.25, 0.3) is 0 Å². The summed E-state index contributed by atoms with van der Waals surface area (Å²) in [6.07, 6.45) is 1.04. The Morgan fingerprint density at radius 2 is 1.76 bits per heavy atom. The Balaban J connectivity index is 1.68. The molecule has 0 saturated carbocycles. The largest absolute Gasteiger partial charge is 0.486 e. The van der Waals surface area contributed by atoms with Crippen LogP contribution in [-0.4, -0.2) is 49.6 Å². The van der Waals surface area contributed by atoms with E-state index >= 15 is 0 Å². The lowest BCUT2D eigenvalue weighted by atomic mass is 10.1. The van der Waals surface area contributed by atoms with E-state index < -0.39 is 0 Å². The van der Waals surface area contributed by atoms with Crippen molar-refractivity contribution < 1.29 is 4.74 Å². The average molecular weight is 359 g/mol. The molecule has 134 valence electrons. The molecule has 2 aromatic carbocycles. The molecule has 1 atom stereocenters. The molecule has 0 bridgehead atoms. The number of hydrogen-bond donors (Lipinski definition) is 0. The topological polar surface area (TPSA) is 15.7 Å². The molecule has 1 saturated heterocycles. The van der Waals surface area contributed by atoms with Crippen LogP contribution in [0.15, 0.2) is 48.5 Å². The predicted octanol–water partition coefficient (Wildman–Crippen LogP) is 4.41. The van der Waals surface area contributed by atoms with Crippen LogP contribution < -0.4 is 4.74 Å². The number of rotatable bonds is 6. The zero-order valence-electron chi connectivity index (χ0n) is 15.1. The van der Waals surface area contributed by atoms with Crippen LogP contribution in [0, 0.1) is 6.92 Å². The molecule has 4 heteroatoms. The van der Waals surface area contributed by atoms with Crippen molar-refractivity contribution in [2.45, 2.75) is 19.4 Å². The van der Waals surface area contributed by atoms with Crippen LogP contribution in [0.4, 0.5) is 0 Å². The van der Waals surface area contributed by atoms with Gasteiger partial charge in [0.25, 0.3) is 0 Å². The third kappa shape index (κ3) is 5.21. The molecule has 1 aliphatic heterocycles. The number of benzene rings is 2. The van der Waals surface area contributed by atoms with E-state index in [4.69, 9.17) is 16.3 Å². The number of ether oxygens (including phenoxy) is 1. The summed E-state index contributed by atoms with van der Waals surface area (Å²) in [6, 6.07) is 16.4. The van der Waals surface area contributed by atoms with Crippen molar-refractivity contribution in [2.75, 3.05) is 39.8 Å². The van der Waals surface area contributed by atoms with Crippen molar-refractivity contribution >= 4 is 11.6 Å². The first-order valence-corrected chi connectivity index (χ1v) is 9.38. The van der Waals surface area contributed by atoms with Crippen molar-refractivity contribution in [1.29, 1.82) is 0 Å². The molecular formula is C21H27ClN2O. The van der Waals surface area contributed by atoms with E-state index in [9.17, 15) is 0 Å². The first kappa shape index (κ1) is 18.2. The molecule has 1 fully saturated rings. The van der Waals surface area contributed by atoms with Crippen LogP contribution in [0.2, 0.25) is 5.02 Å². The van der Waals surface area contributed by atoms with E-state index in [1.165, 1.54) is 5.56 Å². The first-order chi connectivity index (χ1) is 12.1. The lowest BCUT2D eigenvalue weighted by Gasteiger charge is -2.33. The van der Waals surface area contributed by atoms with Gasteiger partial charge in [0.2, 0.25) is 0 Å². The Labute approximate surface area is 156 Å². The van der Waals surface area contributed by atoms with E-state index in [-0.39, 0.29) is 6.10 Å². The van der Waals surface area contributed by atoms with Gasteiger partial charge in [-0.25, -0.2) is 0 Å². The molecule has 0 unspecified atom stereocenters. The molecule has 0 radical (unpaired) electrons. The summed E-state index contributed by atoms with van der Waals surface area (Å²) < 4.78 is 6.35. The van der Waals surface area contributed by atoms with E-state index in [0.717, 1.165) is 55.5 Å². The summed E-state index contributed by atoms with van der Waals surface area (Å²) in [7, 11) is 2.19. The first-order valence-electron chi connectivity index (χ1n) is 9.00. The van der Waals surface area contributed by atoms with Gasteiger partial charge in [0.15, 0.2) is 0 Å². The van der Waals surface area contributed by atoms with Gasteiger partial charge in [0, 0.05) is 44.2 Å². The highest BCUT2D eigenvalue weighted by atomic mass is 35.5. The highest BCUT2D eigenvalue weighted by molar-refractivity contribution is 6.31. The van der Waals surface area contributed by atoms with E-state index in [1.54, 1.807) is 0 Å². The van der Waals surface area contributed by atoms with Gasteiger partial charge in [-0.1, -0.05) is 41.9 Å². The maximum atomic E-state index is 6.35. The van der Waals surface area contributed by atoms with E-state index in [1.807, 2.05) is 31.2 Å². The van der Waals surface area contributed by atoms with Crippen LogP contribution >= 0.6 is 11.6 Å². The fourth-order valence-electron chi connectivity index (χ4n) is 3.19. The van der Waals surface area contributed by atoms with Gasteiger partial charge in [-0.3, -0.25) is 0 Å². The summed E-state index contributed by atoms with van der Waals surface area (Å²) in [6.45, 7) is 7.63. The molecule has 0 aliphatic carbocycles. The van der Waals surface area contributed by atoms with Gasteiger partial charge < -0.3 is 14.5 Å². The van der Waals surface area contributed by atoms with E-state index in [2.05, 4.69) is 41.1 Å². The van der Waals surface area contributed by atoms with Gasteiger partial charge in [-0.15, -0.1) is 0 Å². The molecule has 3 rings (SSSR count). The fourth-order valence-corrected chi connectivity index (χ4v) is 3.30. The number of aryl methyl sites for hydroxylation is 1. The summed E-state index contributed by atoms with van der Waals surface area (Å²) in [5.74, 6) is 0.883. The molecule has 1 aliphatic rings. The van der Waals surface area contributed by atoms with Gasteiger partial charge in [0.1, 0.15) is 11.9 Å². The summed E-state index contributed by atoms with van der Waals surface area (Å²) in [5, 5.41) is 0.779. The maximum absolute atomic E-state index is 6.35. The Morgan fingerprint density at radius 3 is 2.44 bits per heavy atom. The number of piperazine rings is 1. The number of halogens is 1. The van der Waals surface area contributed by atoms with E-state index in [0.29, 0.717) is 0 Å². The summed E-state index contributed by atoms with van der Waals surface area (Å²) in [5.41, 5.74) is 2.27. The lowest BCUT2D eigenvalue weighted by Crippen LogP contribution is -2.45. The van der Waals surface area contributed by atoms with Gasteiger partial charge in [0.05, 0.1) is 0 Å². The molecule has 0 spiro atoms. The Hall–Kier alpha value is -1.55. The van der Waals surface area contributed by atoms with Crippen molar-refractivity contribution in [3.8, 4) is 5.75 Å². The molecule has 3 nitrogen and oxygen atoms in total. The molecule has 2 aromatic rings. The quantitative estimate of drug-likeness (QED) is 0.760. The van der Waals surface area contributed by atoms with Gasteiger partial charge in [-0.05, 0) is 43.3 Å². The molecule has 0 aromatic heterocycles. The Kier molecular flexibility index (Phi) is 6.35. The molecular weight excluding hydrogens is 332 g/mol. The Morgan fingerprint density at radius 1 is 1.04 bits per heavy atom. The second-order valence-electron chi connectivity index (χ2n) is 6.86. The summed E-state index contributed by atoms with van der Waals surface area (Å²) >= 11 is 6.14. The standard InChI is InChI=1S/C21H27ClN2O/c1-17-16-19(8-9-20(17)22)25-21(18-6-4-3-5-7-18)10-11-24-14-12-23(2)13-15-24/h3-9,16,21H,10-15H2,1-2H3/t21-/m1/s1. The lowest BCUT2D eigenvalue weighted by molar-refractivity contribution is 0.123. The van der Waals surface area contributed by atoms with Gasteiger partial charge in [-0.2, -0.15) is 0 Å². The van der Waals surface area contributed by atoms with Crippen molar-refractivity contribution in [3.63, 3.8) is 0 Å². The monoisotopic (exact) mass is 358 g/mol. The molecule has 0 N–H and O–H groups in total. The zero-order chi connectivity index (χ0) is 17.6. The zero-order valence-corrected chi connectivity index (χ0v) is 15.9.